The number of amides is 1. The molecule has 3 aromatic rings. The summed E-state index contributed by atoms with van der Waals surface area (Å²) in [6.07, 6.45) is 4.90. The second-order valence-corrected chi connectivity index (χ2v) is 5.46. The molecular formula is C19H19N3O2. The van der Waals surface area contributed by atoms with Gasteiger partial charge < -0.3 is 4.74 Å². The molecule has 0 unspecified atom stereocenters. The fourth-order valence-electron chi connectivity index (χ4n) is 2.37. The van der Waals surface area contributed by atoms with Crippen LogP contribution in [0.15, 0.2) is 54.9 Å². The zero-order valence-electron chi connectivity index (χ0n) is 13.5. The first-order chi connectivity index (χ1) is 11.8. The average molecular weight is 321 g/mol. The van der Waals surface area contributed by atoms with Crippen LogP contribution < -0.4 is 5.32 Å². The molecule has 0 saturated heterocycles. The molecule has 0 aliphatic rings. The van der Waals surface area contributed by atoms with Crippen LogP contribution in [-0.4, -0.2) is 22.7 Å². The number of anilines is 1. The zero-order chi connectivity index (χ0) is 16.8. The highest BCUT2D eigenvalue weighted by Gasteiger charge is 2.05. The van der Waals surface area contributed by atoms with Crippen molar-refractivity contribution in [2.24, 2.45) is 0 Å². The maximum absolute atomic E-state index is 11.7. The number of rotatable bonds is 5. The highest BCUT2D eigenvalue weighted by Crippen LogP contribution is 2.24. The minimum atomic E-state index is -0.419. The van der Waals surface area contributed by atoms with Crippen molar-refractivity contribution in [2.45, 2.75) is 19.8 Å². The fourth-order valence-corrected chi connectivity index (χ4v) is 2.37. The monoisotopic (exact) mass is 321 g/mol. The van der Waals surface area contributed by atoms with E-state index >= 15 is 0 Å². The molecule has 1 aromatic heterocycles. The number of benzene rings is 2. The van der Waals surface area contributed by atoms with E-state index in [9.17, 15) is 4.79 Å². The van der Waals surface area contributed by atoms with Crippen LogP contribution in [0.1, 0.15) is 19.8 Å². The molecule has 1 heterocycles. The number of unbranched alkanes of at least 4 members (excludes halogenated alkanes) is 1. The van der Waals surface area contributed by atoms with E-state index in [1.807, 2.05) is 36.4 Å². The second kappa shape index (κ2) is 7.55. The van der Waals surface area contributed by atoms with Crippen molar-refractivity contribution in [3.8, 4) is 11.4 Å². The van der Waals surface area contributed by atoms with Crippen molar-refractivity contribution < 1.29 is 9.53 Å². The lowest BCUT2D eigenvalue weighted by Gasteiger charge is -2.08. The number of carbonyl (C=O) groups is 1. The summed E-state index contributed by atoms with van der Waals surface area (Å²) in [5.74, 6) is 0.695. The van der Waals surface area contributed by atoms with Gasteiger partial charge in [-0.3, -0.25) is 5.32 Å². The van der Waals surface area contributed by atoms with Gasteiger partial charge in [-0.2, -0.15) is 0 Å². The molecule has 1 N–H and O–H groups in total. The molecule has 3 rings (SSSR count). The largest absolute Gasteiger partial charge is 0.449 e. The lowest BCUT2D eigenvalue weighted by Crippen LogP contribution is -2.14. The molecule has 2 aromatic carbocycles. The summed E-state index contributed by atoms with van der Waals surface area (Å²) >= 11 is 0. The van der Waals surface area contributed by atoms with Gasteiger partial charge >= 0.3 is 6.09 Å². The summed E-state index contributed by atoms with van der Waals surface area (Å²) < 4.78 is 5.11. The molecule has 0 aliphatic heterocycles. The van der Waals surface area contributed by atoms with Gasteiger partial charge in [0.15, 0.2) is 5.82 Å². The molecule has 0 bridgehead atoms. The van der Waals surface area contributed by atoms with Crippen LogP contribution in [0.25, 0.3) is 22.2 Å². The van der Waals surface area contributed by atoms with Gasteiger partial charge in [0.2, 0.25) is 0 Å². The summed E-state index contributed by atoms with van der Waals surface area (Å²) in [5.41, 5.74) is 1.68. The van der Waals surface area contributed by atoms with E-state index in [-0.39, 0.29) is 0 Å². The molecule has 24 heavy (non-hydrogen) atoms. The lowest BCUT2D eigenvalue weighted by atomic mass is 10.1. The van der Waals surface area contributed by atoms with Crippen LogP contribution in [0.2, 0.25) is 0 Å². The first-order valence-corrected chi connectivity index (χ1v) is 8.01. The van der Waals surface area contributed by atoms with Crippen LogP contribution in [0.4, 0.5) is 10.5 Å². The van der Waals surface area contributed by atoms with E-state index < -0.39 is 6.09 Å². The Bertz CT molecular complexity index is 834. The van der Waals surface area contributed by atoms with Gasteiger partial charge in [-0.1, -0.05) is 31.5 Å². The SMILES string of the molecule is CCCCOC(=O)Nc1ccc2cc(-c3ncccn3)ccc2c1. The number of hydrogen-bond donors (Lipinski definition) is 1. The highest BCUT2D eigenvalue weighted by molar-refractivity contribution is 5.92. The Morgan fingerprint density at radius 3 is 2.62 bits per heavy atom. The number of carbonyl (C=O) groups excluding carboxylic acids is 1. The van der Waals surface area contributed by atoms with Gasteiger partial charge in [0, 0.05) is 23.6 Å². The fraction of sp³-hybridized carbons (Fsp3) is 0.211. The van der Waals surface area contributed by atoms with Gasteiger partial charge in [0.05, 0.1) is 6.61 Å². The van der Waals surface area contributed by atoms with Crippen molar-refractivity contribution in [1.82, 2.24) is 9.97 Å². The van der Waals surface area contributed by atoms with Gasteiger partial charge in [-0.15, -0.1) is 0 Å². The topological polar surface area (TPSA) is 64.1 Å². The quantitative estimate of drug-likeness (QED) is 0.695. The summed E-state index contributed by atoms with van der Waals surface area (Å²) in [7, 11) is 0. The molecule has 5 nitrogen and oxygen atoms in total. The van der Waals surface area contributed by atoms with Crippen LogP contribution in [-0.2, 0) is 4.74 Å². The van der Waals surface area contributed by atoms with Gasteiger partial charge in [0.1, 0.15) is 0 Å². The summed E-state index contributed by atoms with van der Waals surface area (Å²) in [5, 5.41) is 4.84. The minimum Gasteiger partial charge on any atom is -0.449 e. The molecule has 0 fully saturated rings. The van der Waals surface area contributed by atoms with Crippen molar-refractivity contribution >= 4 is 22.6 Å². The number of hydrogen-bond acceptors (Lipinski definition) is 4. The van der Waals surface area contributed by atoms with Gasteiger partial charge in [-0.05, 0) is 41.5 Å². The molecule has 122 valence electrons. The molecule has 0 aliphatic carbocycles. The van der Waals surface area contributed by atoms with E-state index in [0.717, 1.165) is 29.2 Å². The third-order valence-corrected chi connectivity index (χ3v) is 3.64. The molecule has 0 spiro atoms. The first-order valence-electron chi connectivity index (χ1n) is 8.01. The standard InChI is InChI=1S/C19H19N3O2/c1-2-3-11-24-19(23)22-17-8-7-14-12-16(6-5-15(14)13-17)18-20-9-4-10-21-18/h4-10,12-13H,2-3,11H2,1H3,(H,22,23). The second-order valence-electron chi connectivity index (χ2n) is 5.46. The van der Waals surface area contributed by atoms with Gasteiger partial charge in [-0.25, -0.2) is 14.8 Å². The Balaban J connectivity index is 1.76. The zero-order valence-corrected chi connectivity index (χ0v) is 13.5. The van der Waals surface area contributed by atoms with Crippen LogP contribution in [0.5, 0.6) is 0 Å². The van der Waals surface area contributed by atoms with Crippen LogP contribution in [0, 0.1) is 0 Å². The van der Waals surface area contributed by atoms with E-state index in [0.29, 0.717) is 18.1 Å². The number of aromatic nitrogens is 2. The van der Waals surface area contributed by atoms with Crippen molar-refractivity contribution in [3.63, 3.8) is 0 Å². The lowest BCUT2D eigenvalue weighted by molar-refractivity contribution is 0.160. The molecule has 0 atom stereocenters. The summed E-state index contributed by atoms with van der Waals surface area (Å²) in [6.45, 7) is 2.50. The molecule has 1 amide bonds. The Morgan fingerprint density at radius 1 is 1.08 bits per heavy atom. The molecule has 0 saturated carbocycles. The summed E-state index contributed by atoms with van der Waals surface area (Å²) in [6, 6.07) is 13.5. The third-order valence-electron chi connectivity index (χ3n) is 3.64. The number of nitrogens with zero attached hydrogens (tertiary/aromatic N) is 2. The average Bonchev–Trinajstić information content (AvgIpc) is 2.62. The summed E-state index contributed by atoms with van der Waals surface area (Å²) in [4.78, 5) is 20.2. The van der Waals surface area contributed by atoms with E-state index in [4.69, 9.17) is 4.74 Å². The van der Waals surface area contributed by atoms with Crippen molar-refractivity contribution in [3.05, 3.63) is 54.9 Å². The van der Waals surface area contributed by atoms with Crippen molar-refractivity contribution in [2.75, 3.05) is 11.9 Å². The van der Waals surface area contributed by atoms with E-state index in [1.54, 1.807) is 18.5 Å². The predicted molar refractivity (Wildman–Crippen MR) is 94.9 cm³/mol. The van der Waals surface area contributed by atoms with Crippen molar-refractivity contribution in [1.29, 1.82) is 0 Å². The number of ether oxygens (including phenoxy) is 1. The van der Waals surface area contributed by atoms with E-state index in [2.05, 4.69) is 22.2 Å². The minimum absolute atomic E-state index is 0.419. The molecule has 5 heteroatoms. The number of nitrogens with one attached hydrogen (secondary N) is 1. The first kappa shape index (κ1) is 15.9. The third kappa shape index (κ3) is 3.87. The Hall–Kier alpha value is -2.95. The molecule has 0 radical (unpaired) electrons. The highest BCUT2D eigenvalue weighted by atomic mass is 16.5. The normalized spacial score (nSPS) is 10.5. The van der Waals surface area contributed by atoms with E-state index in [1.165, 1.54) is 0 Å². The Labute approximate surface area is 140 Å². The smallest absolute Gasteiger partial charge is 0.411 e. The maximum atomic E-state index is 11.7. The van der Waals surface area contributed by atoms with Gasteiger partial charge in [0.25, 0.3) is 0 Å². The predicted octanol–water partition coefficient (Wildman–Crippen LogP) is 4.65. The number of fused-ring (bicyclic) bond motifs is 1. The van der Waals surface area contributed by atoms with Crippen LogP contribution in [0.3, 0.4) is 0 Å². The Kier molecular flexibility index (Phi) is 5.01. The van der Waals surface area contributed by atoms with Crippen LogP contribution >= 0.6 is 0 Å². The molecular weight excluding hydrogens is 302 g/mol. The maximum Gasteiger partial charge on any atom is 0.411 e. The Morgan fingerprint density at radius 2 is 1.83 bits per heavy atom.